The van der Waals surface area contributed by atoms with Gasteiger partial charge in [-0.05, 0) is 49.2 Å². The van der Waals surface area contributed by atoms with E-state index < -0.39 is 5.91 Å². The SMILES string of the molecule is NC(=O)c1nn(-c2c(Cl)cccc2Cl)cc1Nc1ccc(C(=O)N2CCCCCC2)cc1. The number of rotatable bonds is 5. The molecular formula is C23H23Cl2N5O2. The van der Waals surface area contributed by atoms with Crippen molar-refractivity contribution in [3.8, 4) is 5.69 Å². The zero-order valence-corrected chi connectivity index (χ0v) is 18.9. The Bertz CT molecular complexity index is 1120. The number of amides is 2. The molecule has 0 bridgehead atoms. The van der Waals surface area contributed by atoms with Crippen LogP contribution >= 0.6 is 23.2 Å². The van der Waals surface area contributed by atoms with Gasteiger partial charge in [0.25, 0.3) is 11.8 Å². The maximum Gasteiger partial charge on any atom is 0.271 e. The number of carbonyl (C=O) groups excluding carboxylic acids is 2. The maximum atomic E-state index is 12.8. The van der Waals surface area contributed by atoms with Crippen molar-refractivity contribution in [3.63, 3.8) is 0 Å². The third-order valence-electron chi connectivity index (χ3n) is 5.42. The van der Waals surface area contributed by atoms with Crippen LogP contribution in [0.2, 0.25) is 10.0 Å². The number of primary amides is 1. The van der Waals surface area contributed by atoms with E-state index in [1.807, 2.05) is 4.90 Å². The number of halogens is 2. The second kappa shape index (κ2) is 9.63. The molecule has 166 valence electrons. The van der Waals surface area contributed by atoms with Crippen molar-refractivity contribution in [1.82, 2.24) is 14.7 Å². The first kappa shape index (κ1) is 22.2. The number of hydrogen-bond acceptors (Lipinski definition) is 4. The highest BCUT2D eigenvalue weighted by Gasteiger charge is 2.19. The van der Waals surface area contributed by atoms with Crippen LogP contribution in [0.4, 0.5) is 11.4 Å². The summed E-state index contributed by atoms with van der Waals surface area (Å²) < 4.78 is 1.42. The number of hydrogen-bond donors (Lipinski definition) is 2. The Hall–Kier alpha value is -3.03. The Balaban J connectivity index is 1.57. The van der Waals surface area contributed by atoms with E-state index >= 15 is 0 Å². The van der Waals surface area contributed by atoms with Gasteiger partial charge in [0.05, 0.1) is 21.9 Å². The van der Waals surface area contributed by atoms with E-state index in [2.05, 4.69) is 10.4 Å². The molecule has 3 aromatic rings. The van der Waals surface area contributed by atoms with Gasteiger partial charge in [0.15, 0.2) is 5.69 Å². The van der Waals surface area contributed by atoms with E-state index in [9.17, 15) is 9.59 Å². The number of benzene rings is 2. The normalized spacial score (nSPS) is 14.1. The third kappa shape index (κ3) is 4.74. The van der Waals surface area contributed by atoms with Crippen LogP contribution in [0.25, 0.3) is 5.69 Å². The molecule has 0 atom stereocenters. The van der Waals surface area contributed by atoms with Crippen molar-refractivity contribution in [2.75, 3.05) is 18.4 Å². The zero-order valence-electron chi connectivity index (χ0n) is 17.4. The standard InChI is InChI=1S/C23H23Cl2N5O2/c24-17-6-5-7-18(25)21(17)30-14-19(20(28-30)22(26)31)27-16-10-8-15(9-11-16)23(32)29-12-3-1-2-4-13-29/h5-11,14,27H,1-4,12-13H2,(H2,26,31). The highest BCUT2D eigenvalue weighted by Crippen LogP contribution is 2.30. The first-order chi connectivity index (χ1) is 15.4. The molecule has 32 heavy (non-hydrogen) atoms. The Morgan fingerprint density at radius 2 is 1.56 bits per heavy atom. The minimum absolute atomic E-state index is 0.0393. The molecule has 7 nitrogen and oxygen atoms in total. The summed E-state index contributed by atoms with van der Waals surface area (Å²) in [4.78, 5) is 26.7. The fourth-order valence-corrected chi connectivity index (χ4v) is 4.35. The molecule has 9 heteroatoms. The number of nitrogens with zero attached hydrogens (tertiary/aromatic N) is 3. The Morgan fingerprint density at radius 1 is 0.938 bits per heavy atom. The topological polar surface area (TPSA) is 93.2 Å². The average Bonchev–Trinajstić information content (AvgIpc) is 2.99. The lowest BCUT2D eigenvalue weighted by atomic mass is 10.1. The Labute approximate surface area is 196 Å². The molecule has 2 aromatic carbocycles. The Kier molecular flexibility index (Phi) is 6.67. The molecule has 0 radical (unpaired) electrons. The zero-order chi connectivity index (χ0) is 22.7. The lowest BCUT2D eigenvalue weighted by Crippen LogP contribution is -2.31. The molecule has 1 aliphatic rings. The molecule has 1 saturated heterocycles. The minimum Gasteiger partial charge on any atom is -0.364 e. The van der Waals surface area contributed by atoms with E-state index in [-0.39, 0.29) is 11.6 Å². The lowest BCUT2D eigenvalue weighted by Gasteiger charge is -2.20. The third-order valence-corrected chi connectivity index (χ3v) is 6.03. The highest BCUT2D eigenvalue weighted by molar-refractivity contribution is 6.37. The van der Waals surface area contributed by atoms with Gasteiger partial charge in [0, 0.05) is 24.3 Å². The summed E-state index contributed by atoms with van der Waals surface area (Å²) in [6.45, 7) is 1.59. The van der Waals surface area contributed by atoms with Crippen LogP contribution in [0, 0.1) is 0 Å². The van der Waals surface area contributed by atoms with Crippen LogP contribution in [0.15, 0.2) is 48.7 Å². The van der Waals surface area contributed by atoms with Gasteiger partial charge in [-0.2, -0.15) is 5.10 Å². The number of aromatic nitrogens is 2. The largest absolute Gasteiger partial charge is 0.364 e. The first-order valence-corrected chi connectivity index (χ1v) is 11.2. The molecule has 1 aliphatic heterocycles. The fraction of sp³-hybridized carbons (Fsp3) is 0.261. The smallest absolute Gasteiger partial charge is 0.271 e. The predicted octanol–water partition coefficient (Wildman–Crippen LogP) is 5.04. The van der Waals surface area contributed by atoms with Crippen molar-refractivity contribution in [2.45, 2.75) is 25.7 Å². The second-order valence-corrected chi connectivity index (χ2v) is 8.49. The molecule has 0 spiro atoms. The molecule has 3 N–H and O–H groups in total. The summed E-state index contributed by atoms with van der Waals surface area (Å²) >= 11 is 12.5. The number of likely N-dealkylation sites (tertiary alicyclic amines) is 1. The first-order valence-electron chi connectivity index (χ1n) is 10.4. The van der Waals surface area contributed by atoms with Gasteiger partial charge in [-0.25, -0.2) is 4.68 Å². The van der Waals surface area contributed by atoms with Gasteiger partial charge in [-0.15, -0.1) is 0 Å². The van der Waals surface area contributed by atoms with Crippen LogP contribution in [0.5, 0.6) is 0 Å². The summed E-state index contributed by atoms with van der Waals surface area (Å²) in [6.07, 6.45) is 6.02. The quantitative estimate of drug-likeness (QED) is 0.544. The van der Waals surface area contributed by atoms with Crippen LogP contribution in [-0.2, 0) is 0 Å². The van der Waals surface area contributed by atoms with Crippen molar-refractivity contribution in [2.24, 2.45) is 5.73 Å². The van der Waals surface area contributed by atoms with Crippen LogP contribution < -0.4 is 11.1 Å². The molecular weight excluding hydrogens is 449 g/mol. The highest BCUT2D eigenvalue weighted by atomic mass is 35.5. The predicted molar refractivity (Wildman–Crippen MR) is 126 cm³/mol. The number of para-hydroxylation sites is 1. The average molecular weight is 472 g/mol. The fourth-order valence-electron chi connectivity index (χ4n) is 3.78. The maximum absolute atomic E-state index is 12.8. The number of nitrogens with one attached hydrogen (secondary N) is 1. The molecule has 0 aliphatic carbocycles. The summed E-state index contributed by atoms with van der Waals surface area (Å²) in [7, 11) is 0. The van der Waals surface area contributed by atoms with E-state index in [1.54, 1.807) is 48.7 Å². The lowest BCUT2D eigenvalue weighted by molar-refractivity contribution is 0.0761. The van der Waals surface area contributed by atoms with Crippen LogP contribution in [0.3, 0.4) is 0 Å². The second-order valence-electron chi connectivity index (χ2n) is 7.68. The van der Waals surface area contributed by atoms with Gasteiger partial charge in [-0.1, -0.05) is 42.1 Å². The summed E-state index contributed by atoms with van der Waals surface area (Å²) in [5, 5.41) is 8.18. The van der Waals surface area contributed by atoms with E-state index in [1.165, 1.54) is 17.5 Å². The van der Waals surface area contributed by atoms with Crippen molar-refractivity contribution in [1.29, 1.82) is 0 Å². The molecule has 2 amide bonds. The number of carbonyl (C=O) groups is 2. The number of nitrogens with two attached hydrogens (primary N) is 1. The summed E-state index contributed by atoms with van der Waals surface area (Å²) in [5.74, 6) is -0.653. The minimum atomic E-state index is -0.692. The van der Waals surface area contributed by atoms with E-state index in [0.29, 0.717) is 32.7 Å². The van der Waals surface area contributed by atoms with Gasteiger partial charge in [0.2, 0.25) is 0 Å². The monoisotopic (exact) mass is 471 g/mol. The van der Waals surface area contributed by atoms with Crippen molar-refractivity contribution in [3.05, 3.63) is 70.0 Å². The van der Waals surface area contributed by atoms with Crippen LogP contribution in [-0.4, -0.2) is 39.6 Å². The molecule has 0 saturated carbocycles. The van der Waals surface area contributed by atoms with Gasteiger partial charge in [-0.3, -0.25) is 9.59 Å². The molecule has 1 aromatic heterocycles. The van der Waals surface area contributed by atoms with Gasteiger partial charge >= 0.3 is 0 Å². The van der Waals surface area contributed by atoms with E-state index in [0.717, 1.165) is 25.9 Å². The number of anilines is 2. The summed E-state index contributed by atoms with van der Waals surface area (Å²) in [5.41, 5.74) is 7.74. The van der Waals surface area contributed by atoms with Crippen LogP contribution in [0.1, 0.15) is 46.5 Å². The van der Waals surface area contributed by atoms with Gasteiger partial charge in [0.1, 0.15) is 5.69 Å². The molecule has 4 rings (SSSR count). The van der Waals surface area contributed by atoms with Crippen molar-refractivity contribution >= 4 is 46.4 Å². The van der Waals surface area contributed by atoms with Crippen molar-refractivity contribution < 1.29 is 9.59 Å². The van der Waals surface area contributed by atoms with E-state index in [4.69, 9.17) is 28.9 Å². The van der Waals surface area contributed by atoms with Gasteiger partial charge < -0.3 is 16.0 Å². The molecule has 1 fully saturated rings. The molecule has 0 unspecified atom stereocenters. The molecule has 2 heterocycles. The Morgan fingerprint density at radius 3 is 2.16 bits per heavy atom. The summed E-state index contributed by atoms with van der Waals surface area (Å²) in [6, 6.07) is 12.2.